The van der Waals surface area contributed by atoms with Crippen molar-refractivity contribution in [2.24, 2.45) is 0 Å². The molecule has 0 aromatic heterocycles. The van der Waals surface area contributed by atoms with Gasteiger partial charge in [0.1, 0.15) is 0 Å². The first-order valence-corrected chi connectivity index (χ1v) is 4.76. The molecule has 0 bridgehead atoms. The highest BCUT2D eigenvalue weighted by Crippen LogP contribution is 2.36. The molecule has 1 aromatic rings. The van der Waals surface area contributed by atoms with Gasteiger partial charge in [0.25, 0.3) is 0 Å². The lowest BCUT2D eigenvalue weighted by Gasteiger charge is -2.16. The minimum absolute atomic E-state index is 0.127. The molecule has 0 fully saturated rings. The van der Waals surface area contributed by atoms with Crippen molar-refractivity contribution in [3.8, 4) is 0 Å². The van der Waals surface area contributed by atoms with Gasteiger partial charge in [-0.1, -0.05) is 25.1 Å². The second kappa shape index (κ2) is 4.55. The Kier molecular flexibility index (Phi) is 3.57. The first-order chi connectivity index (χ1) is 7.38. The Morgan fingerprint density at radius 1 is 1.38 bits per heavy atom. The Morgan fingerprint density at radius 3 is 2.38 bits per heavy atom. The largest absolute Gasteiger partial charge is 0.481 e. The number of hydrogen-bond donors (Lipinski definition) is 1. The Labute approximate surface area is 90.7 Å². The van der Waals surface area contributed by atoms with Crippen LogP contribution in [0.15, 0.2) is 24.3 Å². The topological polar surface area (TPSA) is 37.3 Å². The average molecular weight is 232 g/mol. The Morgan fingerprint density at radius 2 is 1.94 bits per heavy atom. The van der Waals surface area contributed by atoms with Crippen molar-refractivity contribution in [2.75, 3.05) is 0 Å². The van der Waals surface area contributed by atoms with Gasteiger partial charge in [0.05, 0.1) is 11.5 Å². The highest BCUT2D eigenvalue weighted by atomic mass is 19.4. The lowest BCUT2D eigenvalue weighted by Crippen LogP contribution is -2.17. The molecule has 1 N–H and O–H groups in total. The third-order valence-corrected chi connectivity index (χ3v) is 2.35. The SMILES string of the molecule is CC[C@H](C(=O)O)c1ccccc1C(F)(F)F. The van der Waals surface area contributed by atoms with Gasteiger partial charge < -0.3 is 5.11 Å². The second-order valence-electron chi connectivity index (χ2n) is 3.38. The lowest BCUT2D eigenvalue weighted by molar-refractivity contribution is -0.141. The molecule has 5 heteroatoms. The van der Waals surface area contributed by atoms with Crippen LogP contribution in [0.25, 0.3) is 0 Å². The average Bonchev–Trinajstić information content (AvgIpc) is 2.17. The molecule has 0 heterocycles. The van der Waals surface area contributed by atoms with Crippen molar-refractivity contribution in [3.63, 3.8) is 0 Å². The number of carboxylic acids is 1. The molecule has 1 aromatic carbocycles. The molecule has 2 nitrogen and oxygen atoms in total. The van der Waals surface area contributed by atoms with Crippen LogP contribution < -0.4 is 0 Å². The van der Waals surface area contributed by atoms with Gasteiger partial charge in [-0.2, -0.15) is 13.2 Å². The summed E-state index contributed by atoms with van der Waals surface area (Å²) in [7, 11) is 0. The minimum atomic E-state index is -4.51. The molecule has 0 amide bonds. The number of carboxylic acid groups (broad SMARTS) is 1. The van der Waals surface area contributed by atoms with Crippen LogP contribution in [0.2, 0.25) is 0 Å². The van der Waals surface area contributed by atoms with E-state index in [4.69, 9.17) is 5.11 Å². The zero-order chi connectivity index (χ0) is 12.3. The molecule has 0 aliphatic carbocycles. The Balaban J connectivity index is 3.27. The third kappa shape index (κ3) is 2.53. The Bertz CT molecular complexity index is 385. The van der Waals surface area contributed by atoms with Crippen molar-refractivity contribution < 1.29 is 23.1 Å². The smallest absolute Gasteiger partial charge is 0.416 e. The first-order valence-electron chi connectivity index (χ1n) is 4.76. The van der Waals surface area contributed by atoms with Gasteiger partial charge in [0.2, 0.25) is 0 Å². The van der Waals surface area contributed by atoms with Crippen LogP contribution in [0.1, 0.15) is 30.4 Å². The number of rotatable bonds is 3. The number of alkyl halides is 3. The fourth-order valence-corrected chi connectivity index (χ4v) is 1.59. The summed E-state index contributed by atoms with van der Waals surface area (Å²) in [6.45, 7) is 1.55. The monoisotopic (exact) mass is 232 g/mol. The van der Waals surface area contributed by atoms with Gasteiger partial charge >= 0.3 is 12.1 Å². The standard InChI is InChI=1S/C11H11F3O2/c1-2-7(10(15)16)8-5-3-4-6-9(8)11(12,13)14/h3-7H,2H2,1H3,(H,15,16)/t7-/m0/s1. The molecular formula is C11H11F3O2. The van der Waals surface area contributed by atoms with Crippen molar-refractivity contribution in [1.29, 1.82) is 0 Å². The van der Waals surface area contributed by atoms with E-state index in [1.54, 1.807) is 6.92 Å². The number of carbonyl (C=O) groups is 1. The number of benzene rings is 1. The van der Waals surface area contributed by atoms with E-state index in [1.807, 2.05) is 0 Å². The maximum absolute atomic E-state index is 12.6. The van der Waals surface area contributed by atoms with E-state index in [0.29, 0.717) is 0 Å². The van der Waals surface area contributed by atoms with E-state index in [1.165, 1.54) is 18.2 Å². The van der Waals surface area contributed by atoms with Crippen molar-refractivity contribution in [3.05, 3.63) is 35.4 Å². The van der Waals surface area contributed by atoms with E-state index in [0.717, 1.165) is 6.07 Å². The van der Waals surface area contributed by atoms with Gasteiger partial charge in [-0.3, -0.25) is 4.79 Å². The molecule has 0 saturated carbocycles. The van der Waals surface area contributed by atoms with E-state index in [-0.39, 0.29) is 12.0 Å². The van der Waals surface area contributed by atoms with Gasteiger partial charge in [0.15, 0.2) is 0 Å². The molecule has 0 aliphatic heterocycles. The van der Waals surface area contributed by atoms with Crippen LogP contribution in [-0.4, -0.2) is 11.1 Å². The second-order valence-corrected chi connectivity index (χ2v) is 3.38. The maximum Gasteiger partial charge on any atom is 0.416 e. The number of aliphatic carboxylic acids is 1. The summed E-state index contributed by atoms with van der Waals surface area (Å²) in [5.74, 6) is -2.35. The molecule has 88 valence electrons. The highest BCUT2D eigenvalue weighted by Gasteiger charge is 2.36. The minimum Gasteiger partial charge on any atom is -0.481 e. The number of hydrogen-bond acceptors (Lipinski definition) is 1. The third-order valence-electron chi connectivity index (χ3n) is 2.35. The molecular weight excluding hydrogens is 221 g/mol. The first kappa shape index (κ1) is 12.5. The summed E-state index contributed by atoms with van der Waals surface area (Å²) in [6.07, 6.45) is -4.39. The maximum atomic E-state index is 12.6. The van der Waals surface area contributed by atoms with Crippen LogP contribution in [-0.2, 0) is 11.0 Å². The van der Waals surface area contributed by atoms with Gasteiger partial charge in [-0.25, -0.2) is 0 Å². The summed E-state index contributed by atoms with van der Waals surface area (Å²) in [5.41, 5.74) is -1.05. The summed E-state index contributed by atoms with van der Waals surface area (Å²) < 4.78 is 37.8. The van der Waals surface area contributed by atoms with Crippen LogP contribution in [0.4, 0.5) is 13.2 Å². The van der Waals surface area contributed by atoms with E-state index in [2.05, 4.69) is 0 Å². The fraction of sp³-hybridized carbons (Fsp3) is 0.364. The van der Waals surface area contributed by atoms with Crippen molar-refractivity contribution in [1.82, 2.24) is 0 Å². The molecule has 1 atom stereocenters. The quantitative estimate of drug-likeness (QED) is 0.868. The molecule has 0 radical (unpaired) electrons. The summed E-state index contributed by atoms with van der Waals surface area (Å²) in [5, 5.41) is 8.85. The summed E-state index contributed by atoms with van der Waals surface area (Å²) >= 11 is 0. The molecule has 16 heavy (non-hydrogen) atoms. The van der Waals surface area contributed by atoms with Gasteiger partial charge in [0, 0.05) is 0 Å². The molecule has 1 rings (SSSR count). The van der Waals surface area contributed by atoms with Gasteiger partial charge in [-0.15, -0.1) is 0 Å². The number of halogens is 3. The molecule has 0 spiro atoms. The van der Waals surface area contributed by atoms with E-state index >= 15 is 0 Å². The van der Waals surface area contributed by atoms with Crippen LogP contribution in [0.3, 0.4) is 0 Å². The molecule has 0 unspecified atom stereocenters. The lowest BCUT2D eigenvalue weighted by atomic mass is 9.92. The summed E-state index contributed by atoms with van der Waals surface area (Å²) in [6, 6.07) is 4.78. The van der Waals surface area contributed by atoms with Crippen LogP contribution >= 0.6 is 0 Å². The Hall–Kier alpha value is -1.52. The van der Waals surface area contributed by atoms with Crippen molar-refractivity contribution >= 4 is 5.97 Å². The van der Waals surface area contributed by atoms with E-state index in [9.17, 15) is 18.0 Å². The normalized spacial score (nSPS) is 13.5. The zero-order valence-electron chi connectivity index (χ0n) is 8.58. The van der Waals surface area contributed by atoms with Gasteiger partial charge in [-0.05, 0) is 18.1 Å². The predicted octanol–water partition coefficient (Wildman–Crippen LogP) is 3.28. The fourth-order valence-electron chi connectivity index (χ4n) is 1.59. The highest BCUT2D eigenvalue weighted by molar-refractivity contribution is 5.76. The van der Waals surface area contributed by atoms with Crippen molar-refractivity contribution in [2.45, 2.75) is 25.4 Å². The van der Waals surface area contributed by atoms with E-state index < -0.39 is 23.6 Å². The zero-order valence-corrected chi connectivity index (χ0v) is 8.58. The van der Waals surface area contributed by atoms with Crippen LogP contribution in [0, 0.1) is 0 Å². The molecule has 0 aliphatic rings. The molecule has 0 saturated heterocycles. The van der Waals surface area contributed by atoms with Crippen LogP contribution in [0.5, 0.6) is 0 Å². The predicted molar refractivity (Wildman–Crippen MR) is 52.1 cm³/mol. The summed E-state index contributed by atoms with van der Waals surface area (Å²) in [4.78, 5) is 10.8.